The van der Waals surface area contributed by atoms with Crippen LogP contribution in [0.25, 0.3) is 0 Å². The highest BCUT2D eigenvalue weighted by molar-refractivity contribution is 7.90. The van der Waals surface area contributed by atoms with Crippen LogP contribution >= 0.6 is 11.6 Å². The summed E-state index contributed by atoms with van der Waals surface area (Å²) in [6, 6.07) is 9.18. The van der Waals surface area contributed by atoms with Crippen molar-refractivity contribution < 1.29 is 27.5 Å². The van der Waals surface area contributed by atoms with Crippen LogP contribution in [0.3, 0.4) is 0 Å². The molecule has 3 aliphatic rings. The number of fused-ring (bicyclic) bond motifs is 3. The molecule has 1 aromatic carbocycles. The molecule has 1 aromatic heterocycles. The Morgan fingerprint density at radius 1 is 1.11 bits per heavy atom. The minimum atomic E-state index is -4.08. The lowest BCUT2D eigenvalue weighted by atomic mass is 9.71. The van der Waals surface area contributed by atoms with Gasteiger partial charge in [-0.05, 0) is 98.2 Å². The first-order valence-electron chi connectivity index (χ1n) is 15.6. The Morgan fingerprint density at radius 3 is 2.73 bits per heavy atom. The van der Waals surface area contributed by atoms with Crippen LogP contribution in [0, 0.1) is 17.8 Å². The third-order valence-corrected chi connectivity index (χ3v) is 11.4. The third-order valence-electron chi connectivity index (χ3n) is 9.20. The number of carbonyl (C=O) groups is 2. The van der Waals surface area contributed by atoms with E-state index in [1.54, 1.807) is 18.2 Å². The summed E-state index contributed by atoms with van der Waals surface area (Å²) < 4.78 is 40.8. The minimum Gasteiger partial charge on any atom is -0.489 e. The fourth-order valence-corrected chi connectivity index (χ4v) is 8.34. The second-order valence-corrected chi connectivity index (χ2v) is 14.5. The van der Waals surface area contributed by atoms with E-state index in [1.165, 1.54) is 24.3 Å². The number of ether oxygens (including phenoxy) is 2. The number of allylic oxidation sites excluding steroid dienone is 2. The number of methoxy groups -OCH3 is 1. The molecule has 1 N–H and O–H groups in total. The summed E-state index contributed by atoms with van der Waals surface area (Å²) >= 11 is 6.31. The maximum absolute atomic E-state index is 13.5. The predicted octanol–water partition coefficient (Wildman–Crippen LogP) is 5.16. The van der Waals surface area contributed by atoms with Gasteiger partial charge in [0.1, 0.15) is 5.69 Å². The third kappa shape index (κ3) is 7.64. The monoisotopic (exact) mass is 643 g/mol. The maximum atomic E-state index is 13.5. The van der Waals surface area contributed by atoms with E-state index in [-0.39, 0.29) is 42.3 Å². The molecule has 2 bridgehead atoms. The van der Waals surface area contributed by atoms with Crippen molar-refractivity contribution in [1.82, 2.24) is 9.71 Å². The number of hydrogen-bond donors (Lipinski definition) is 1. The SMILES string of the molecule is COCC[C@@H]1[C@@H](C)C/C=C/C(=O)[C@@H]2CC[C@H]2CN2CCCCc3cc(Cl)ccc3CCOc3ccc(nc32)C(=O)NS1(=O)=O. The van der Waals surface area contributed by atoms with Crippen LogP contribution < -0.4 is 14.4 Å². The van der Waals surface area contributed by atoms with Gasteiger partial charge in [-0.2, -0.15) is 0 Å². The maximum Gasteiger partial charge on any atom is 0.283 e. The number of carbonyl (C=O) groups excluding carboxylic acids is 2. The van der Waals surface area contributed by atoms with Crippen LogP contribution in [0.5, 0.6) is 5.75 Å². The van der Waals surface area contributed by atoms with Gasteiger partial charge in [-0.25, -0.2) is 18.1 Å². The number of pyridine rings is 1. The molecule has 5 rings (SSSR count). The van der Waals surface area contributed by atoms with Crippen molar-refractivity contribution in [3.8, 4) is 5.75 Å². The van der Waals surface area contributed by atoms with Crippen LogP contribution in [0.4, 0.5) is 5.82 Å². The number of halogens is 1. The molecule has 4 atom stereocenters. The summed E-state index contributed by atoms with van der Waals surface area (Å²) in [4.78, 5) is 33.5. The van der Waals surface area contributed by atoms with Gasteiger partial charge < -0.3 is 14.4 Å². The first kappa shape index (κ1) is 32.4. The standard InChI is InChI=1S/C33H42ClN3O6S/c1-22-6-5-8-29(38)27-12-10-25(27)21-37-17-4-3-7-24-20-26(34)11-9-23(24)15-19-43-30-14-13-28(35-32(30)37)33(39)36-44(40,41)31(22)16-18-42-2/h5,8-9,11,13-14,20,22,25,27,31H,3-4,6-7,10,12,15-19,21H2,1-2H3,(H,36,39)/b8-5+/t22-,25-,27+,31+/m0/s1. The zero-order valence-electron chi connectivity index (χ0n) is 25.5. The molecule has 1 fully saturated rings. The molecule has 2 aliphatic heterocycles. The van der Waals surface area contributed by atoms with E-state index in [1.807, 2.05) is 25.1 Å². The Bertz CT molecular complexity index is 1500. The molecule has 2 aromatic rings. The molecule has 3 heterocycles. The Hall–Kier alpha value is -2.95. The molecule has 1 amide bonds. The van der Waals surface area contributed by atoms with Gasteiger partial charge in [0.2, 0.25) is 10.0 Å². The van der Waals surface area contributed by atoms with E-state index >= 15 is 0 Å². The summed E-state index contributed by atoms with van der Waals surface area (Å²) in [5.74, 6) is 0.0109. The average Bonchev–Trinajstić information content (AvgIpc) is 2.96. The van der Waals surface area contributed by atoms with Gasteiger partial charge in [-0.15, -0.1) is 0 Å². The fraction of sp³-hybridized carbons (Fsp3) is 0.545. The number of rotatable bonds is 3. The second-order valence-electron chi connectivity index (χ2n) is 12.2. The van der Waals surface area contributed by atoms with Crippen molar-refractivity contribution in [2.24, 2.45) is 17.8 Å². The Kier molecular flexibility index (Phi) is 10.6. The van der Waals surface area contributed by atoms with Gasteiger partial charge in [0.05, 0.1) is 11.9 Å². The van der Waals surface area contributed by atoms with Crippen LogP contribution in [-0.4, -0.2) is 63.8 Å². The van der Waals surface area contributed by atoms with Crippen molar-refractivity contribution in [2.45, 2.75) is 63.5 Å². The highest BCUT2D eigenvalue weighted by Crippen LogP contribution is 2.38. The van der Waals surface area contributed by atoms with Crippen molar-refractivity contribution in [1.29, 1.82) is 0 Å². The summed E-state index contributed by atoms with van der Waals surface area (Å²) in [6.07, 6.45) is 9.07. The highest BCUT2D eigenvalue weighted by atomic mass is 35.5. The number of amides is 1. The molecule has 0 spiro atoms. The predicted molar refractivity (Wildman–Crippen MR) is 171 cm³/mol. The second kappa shape index (κ2) is 14.4. The lowest BCUT2D eigenvalue weighted by Gasteiger charge is -2.39. The number of ketones is 1. The van der Waals surface area contributed by atoms with Gasteiger partial charge >= 0.3 is 0 Å². The van der Waals surface area contributed by atoms with Crippen LogP contribution in [0.2, 0.25) is 5.02 Å². The van der Waals surface area contributed by atoms with E-state index in [9.17, 15) is 18.0 Å². The highest BCUT2D eigenvalue weighted by Gasteiger charge is 2.38. The summed E-state index contributed by atoms with van der Waals surface area (Å²) in [7, 11) is -2.57. The van der Waals surface area contributed by atoms with E-state index < -0.39 is 21.2 Å². The molecular weight excluding hydrogens is 602 g/mol. The minimum absolute atomic E-state index is 0.000577. The van der Waals surface area contributed by atoms with E-state index in [0.29, 0.717) is 44.1 Å². The van der Waals surface area contributed by atoms with Crippen molar-refractivity contribution in [2.75, 3.05) is 38.3 Å². The number of hydrogen-bond acceptors (Lipinski definition) is 8. The summed E-state index contributed by atoms with van der Waals surface area (Å²) in [5.41, 5.74) is 2.40. The largest absolute Gasteiger partial charge is 0.489 e. The van der Waals surface area contributed by atoms with Gasteiger partial charge in [-0.3, -0.25) is 9.59 Å². The number of sulfonamides is 1. The summed E-state index contributed by atoms with van der Waals surface area (Å²) in [6.45, 7) is 3.67. The lowest BCUT2D eigenvalue weighted by molar-refractivity contribution is -0.122. The first-order chi connectivity index (χ1) is 21.2. The van der Waals surface area contributed by atoms with Crippen LogP contribution in [0.1, 0.15) is 67.1 Å². The van der Waals surface area contributed by atoms with Crippen molar-refractivity contribution in [3.63, 3.8) is 0 Å². The topological polar surface area (TPSA) is 115 Å². The van der Waals surface area contributed by atoms with Gasteiger partial charge in [0.15, 0.2) is 17.4 Å². The first-order valence-corrected chi connectivity index (χ1v) is 17.5. The van der Waals surface area contributed by atoms with Gasteiger partial charge in [0.25, 0.3) is 5.91 Å². The number of aromatic nitrogens is 1. The normalized spacial score (nSPS) is 26.8. The van der Waals surface area contributed by atoms with Crippen molar-refractivity contribution >= 4 is 39.1 Å². The van der Waals surface area contributed by atoms with E-state index in [2.05, 4.69) is 9.62 Å². The van der Waals surface area contributed by atoms with Crippen LogP contribution in [0.15, 0.2) is 42.5 Å². The molecule has 1 aliphatic carbocycles. The number of nitrogens with zero attached hydrogens (tertiary/aromatic N) is 2. The number of benzene rings is 1. The van der Waals surface area contributed by atoms with Gasteiger partial charge in [0, 0.05) is 44.2 Å². The average molecular weight is 644 g/mol. The molecule has 44 heavy (non-hydrogen) atoms. The van der Waals surface area contributed by atoms with Gasteiger partial charge in [-0.1, -0.05) is 30.7 Å². The number of aryl methyl sites for hydroxylation is 1. The molecule has 11 heteroatoms. The smallest absolute Gasteiger partial charge is 0.283 e. The molecular formula is C33H42ClN3O6S. The van der Waals surface area contributed by atoms with Crippen molar-refractivity contribution in [3.05, 3.63) is 64.3 Å². The van der Waals surface area contributed by atoms with Crippen LogP contribution in [-0.2, 0) is 32.4 Å². The Balaban J connectivity index is 1.51. The number of anilines is 1. The number of nitrogens with one attached hydrogen (secondary N) is 1. The zero-order valence-corrected chi connectivity index (χ0v) is 27.0. The molecule has 0 radical (unpaired) electrons. The molecule has 1 saturated carbocycles. The summed E-state index contributed by atoms with van der Waals surface area (Å²) in [5, 5.41) is -0.174. The lowest BCUT2D eigenvalue weighted by Crippen LogP contribution is -2.43. The fourth-order valence-electron chi connectivity index (χ4n) is 6.50. The molecule has 0 unspecified atom stereocenters. The Labute approximate surface area is 265 Å². The molecule has 9 nitrogen and oxygen atoms in total. The molecule has 238 valence electrons. The van der Waals surface area contributed by atoms with E-state index in [0.717, 1.165) is 37.1 Å². The Morgan fingerprint density at radius 2 is 1.95 bits per heavy atom. The zero-order chi connectivity index (χ0) is 31.3. The quantitative estimate of drug-likeness (QED) is 0.488. The molecule has 0 saturated heterocycles. The van der Waals surface area contributed by atoms with E-state index in [4.69, 9.17) is 26.1 Å².